The van der Waals surface area contributed by atoms with Gasteiger partial charge in [0.15, 0.2) is 0 Å². The molecule has 0 atom stereocenters. The summed E-state index contributed by atoms with van der Waals surface area (Å²) in [5.74, 6) is -0.0701. The number of hydrogen-bond acceptors (Lipinski definition) is 3. The van der Waals surface area contributed by atoms with Crippen LogP contribution in [0.3, 0.4) is 0 Å². The van der Waals surface area contributed by atoms with Gasteiger partial charge in [-0.15, -0.1) is 0 Å². The fourth-order valence-corrected chi connectivity index (χ4v) is 2.13. The maximum absolute atomic E-state index is 12.0. The van der Waals surface area contributed by atoms with Crippen LogP contribution in [-0.2, 0) is 11.3 Å². The van der Waals surface area contributed by atoms with E-state index >= 15 is 0 Å². The van der Waals surface area contributed by atoms with Gasteiger partial charge >= 0.3 is 0 Å². The zero-order chi connectivity index (χ0) is 15.9. The van der Waals surface area contributed by atoms with Gasteiger partial charge in [0.25, 0.3) is 0 Å². The number of nitrogens with one attached hydrogen (secondary N) is 1. The van der Waals surface area contributed by atoms with Gasteiger partial charge < -0.3 is 5.32 Å². The molecule has 4 nitrogen and oxygen atoms in total. The van der Waals surface area contributed by atoms with Crippen LogP contribution in [0.5, 0.6) is 0 Å². The molecule has 1 N–H and O–H groups in total. The van der Waals surface area contributed by atoms with Crippen molar-refractivity contribution in [2.75, 3.05) is 18.9 Å². The van der Waals surface area contributed by atoms with Crippen molar-refractivity contribution >= 4 is 11.6 Å². The molecule has 22 heavy (non-hydrogen) atoms. The molecule has 0 saturated heterocycles. The summed E-state index contributed by atoms with van der Waals surface area (Å²) in [5.41, 5.74) is 3.69. The first kappa shape index (κ1) is 15.7. The summed E-state index contributed by atoms with van der Waals surface area (Å²) in [6, 6.07) is 17.2. The number of amides is 1. The van der Waals surface area contributed by atoms with E-state index in [1.54, 1.807) is 24.3 Å². The average molecular weight is 293 g/mol. The third kappa shape index (κ3) is 4.72. The molecule has 4 heteroatoms. The van der Waals surface area contributed by atoms with Crippen LogP contribution in [-0.4, -0.2) is 24.4 Å². The Balaban J connectivity index is 1.85. The minimum absolute atomic E-state index is 0.0701. The monoisotopic (exact) mass is 293 g/mol. The topological polar surface area (TPSA) is 56.1 Å². The van der Waals surface area contributed by atoms with Gasteiger partial charge in [-0.2, -0.15) is 5.26 Å². The highest BCUT2D eigenvalue weighted by molar-refractivity contribution is 5.92. The molecule has 0 bridgehead atoms. The first-order valence-electron chi connectivity index (χ1n) is 7.11. The van der Waals surface area contributed by atoms with Crippen molar-refractivity contribution in [3.8, 4) is 6.07 Å². The number of anilines is 1. The lowest BCUT2D eigenvalue weighted by molar-refractivity contribution is -0.117. The number of carbonyl (C=O) groups excluding carboxylic acids is 1. The van der Waals surface area contributed by atoms with Gasteiger partial charge in [-0.25, -0.2) is 0 Å². The molecule has 112 valence electrons. The fraction of sp³-hybridized carbons (Fsp3) is 0.222. The Hall–Kier alpha value is -2.64. The Kier molecular flexibility index (Phi) is 5.29. The third-order valence-corrected chi connectivity index (χ3v) is 3.28. The first-order chi connectivity index (χ1) is 10.6. The summed E-state index contributed by atoms with van der Waals surface area (Å²) in [4.78, 5) is 14.0. The van der Waals surface area contributed by atoms with Crippen molar-refractivity contribution in [1.82, 2.24) is 4.90 Å². The van der Waals surface area contributed by atoms with Crippen LogP contribution in [0.2, 0.25) is 0 Å². The molecular formula is C18H19N3O. The van der Waals surface area contributed by atoms with Gasteiger partial charge in [0, 0.05) is 12.2 Å². The van der Waals surface area contributed by atoms with Crippen molar-refractivity contribution in [3.63, 3.8) is 0 Å². The Labute approximate surface area is 131 Å². The molecule has 0 aliphatic carbocycles. The summed E-state index contributed by atoms with van der Waals surface area (Å²) in [5, 5.41) is 11.6. The second-order valence-electron chi connectivity index (χ2n) is 5.40. The van der Waals surface area contributed by atoms with Crippen molar-refractivity contribution < 1.29 is 4.79 Å². The molecule has 0 unspecified atom stereocenters. The highest BCUT2D eigenvalue weighted by atomic mass is 16.2. The Bertz CT molecular complexity index is 669. The van der Waals surface area contributed by atoms with Crippen LogP contribution in [0.4, 0.5) is 5.69 Å². The zero-order valence-electron chi connectivity index (χ0n) is 12.8. The molecule has 0 spiro atoms. The quantitative estimate of drug-likeness (QED) is 0.922. The van der Waals surface area contributed by atoms with E-state index in [2.05, 4.69) is 36.5 Å². The third-order valence-electron chi connectivity index (χ3n) is 3.28. The van der Waals surface area contributed by atoms with Gasteiger partial charge in [-0.1, -0.05) is 29.8 Å². The predicted molar refractivity (Wildman–Crippen MR) is 87.3 cm³/mol. The van der Waals surface area contributed by atoms with Crippen LogP contribution in [0.15, 0.2) is 48.5 Å². The van der Waals surface area contributed by atoms with E-state index in [0.29, 0.717) is 17.8 Å². The lowest BCUT2D eigenvalue weighted by atomic mass is 10.1. The van der Waals surface area contributed by atoms with Crippen LogP contribution in [0.25, 0.3) is 0 Å². The maximum Gasteiger partial charge on any atom is 0.238 e. The van der Waals surface area contributed by atoms with E-state index in [1.807, 2.05) is 18.0 Å². The Morgan fingerprint density at radius 1 is 1.14 bits per heavy atom. The lowest BCUT2D eigenvalue weighted by Gasteiger charge is -2.16. The minimum atomic E-state index is -0.0701. The summed E-state index contributed by atoms with van der Waals surface area (Å²) in [6.07, 6.45) is 0. The maximum atomic E-state index is 12.0. The van der Waals surface area contributed by atoms with Crippen molar-refractivity contribution in [2.45, 2.75) is 13.5 Å². The van der Waals surface area contributed by atoms with E-state index in [4.69, 9.17) is 5.26 Å². The standard InChI is InChI=1S/C18H19N3O/c1-14-3-5-16(6-4-14)12-21(2)13-18(22)20-17-9-7-15(11-19)8-10-17/h3-10H,12-13H2,1-2H3,(H,20,22). The molecule has 0 heterocycles. The van der Waals surface area contributed by atoms with Gasteiger partial charge in [0.05, 0.1) is 18.2 Å². The molecule has 0 aliphatic heterocycles. The Morgan fingerprint density at radius 3 is 2.36 bits per heavy atom. The van der Waals surface area contributed by atoms with Crippen molar-refractivity contribution in [3.05, 3.63) is 65.2 Å². The molecule has 0 fully saturated rings. The van der Waals surface area contributed by atoms with Gasteiger partial charge in [0.1, 0.15) is 0 Å². The minimum Gasteiger partial charge on any atom is -0.325 e. The SMILES string of the molecule is Cc1ccc(CN(C)CC(=O)Nc2ccc(C#N)cc2)cc1. The molecule has 0 radical (unpaired) electrons. The molecule has 1 amide bonds. The van der Waals surface area contributed by atoms with Crippen LogP contribution >= 0.6 is 0 Å². The average Bonchev–Trinajstić information content (AvgIpc) is 2.50. The molecule has 0 aliphatic rings. The number of hydrogen-bond donors (Lipinski definition) is 1. The molecule has 0 aromatic heterocycles. The molecule has 2 aromatic rings. The van der Waals surface area contributed by atoms with Crippen LogP contribution < -0.4 is 5.32 Å². The number of carbonyl (C=O) groups is 1. The second kappa shape index (κ2) is 7.39. The summed E-state index contributed by atoms with van der Waals surface area (Å²) in [7, 11) is 1.91. The predicted octanol–water partition coefficient (Wildman–Crippen LogP) is 2.94. The highest BCUT2D eigenvalue weighted by Gasteiger charge is 2.07. The normalized spacial score (nSPS) is 10.3. The number of nitriles is 1. The number of nitrogens with zero attached hydrogens (tertiary/aromatic N) is 2. The van der Waals surface area contributed by atoms with E-state index < -0.39 is 0 Å². The van der Waals surface area contributed by atoms with E-state index in [1.165, 1.54) is 11.1 Å². The number of benzene rings is 2. The van der Waals surface area contributed by atoms with Gasteiger partial charge in [-0.05, 0) is 43.8 Å². The highest BCUT2D eigenvalue weighted by Crippen LogP contribution is 2.09. The summed E-state index contributed by atoms with van der Waals surface area (Å²) >= 11 is 0. The van der Waals surface area contributed by atoms with Crippen molar-refractivity contribution in [1.29, 1.82) is 5.26 Å². The zero-order valence-corrected chi connectivity index (χ0v) is 12.8. The smallest absolute Gasteiger partial charge is 0.238 e. The number of rotatable bonds is 5. The van der Waals surface area contributed by atoms with Crippen LogP contribution in [0.1, 0.15) is 16.7 Å². The van der Waals surface area contributed by atoms with Gasteiger partial charge in [-0.3, -0.25) is 9.69 Å². The number of likely N-dealkylation sites (N-methyl/N-ethyl adjacent to an activating group) is 1. The molecule has 2 aromatic carbocycles. The number of aryl methyl sites for hydroxylation is 1. The van der Waals surface area contributed by atoms with E-state index in [0.717, 1.165) is 6.54 Å². The summed E-state index contributed by atoms with van der Waals surface area (Å²) in [6.45, 7) is 3.09. The van der Waals surface area contributed by atoms with E-state index in [9.17, 15) is 4.79 Å². The van der Waals surface area contributed by atoms with Crippen molar-refractivity contribution in [2.24, 2.45) is 0 Å². The molecule has 2 rings (SSSR count). The first-order valence-corrected chi connectivity index (χ1v) is 7.11. The summed E-state index contributed by atoms with van der Waals surface area (Å²) < 4.78 is 0. The second-order valence-corrected chi connectivity index (χ2v) is 5.40. The Morgan fingerprint density at radius 2 is 1.77 bits per heavy atom. The fourth-order valence-electron chi connectivity index (χ4n) is 2.13. The van der Waals surface area contributed by atoms with E-state index in [-0.39, 0.29) is 5.91 Å². The molecular weight excluding hydrogens is 274 g/mol. The van der Waals surface area contributed by atoms with Crippen LogP contribution in [0, 0.1) is 18.3 Å². The lowest BCUT2D eigenvalue weighted by Crippen LogP contribution is -2.29. The van der Waals surface area contributed by atoms with Gasteiger partial charge in [0.2, 0.25) is 5.91 Å². The largest absolute Gasteiger partial charge is 0.325 e. The molecule has 0 saturated carbocycles.